The summed E-state index contributed by atoms with van der Waals surface area (Å²) < 4.78 is 43.3. The normalized spacial score (nSPS) is 14.4. The first-order chi connectivity index (χ1) is 61.5. The molecule has 3 amide bonds. The smallest absolute Gasteiger partial charge is 0.396 e. The number of hydroxylamine groups is 3. The number of aliphatic hydroxyl groups excluding tert-OH is 2. The van der Waals surface area contributed by atoms with E-state index in [1.165, 1.54) is 71.4 Å². The Morgan fingerprint density at radius 1 is 0.441 bits per heavy atom. The van der Waals surface area contributed by atoms with Crippen LogP contribution < -0.4 is 48.7 Å². The summed E-state index contributed by atoms with van der Waals surface area (Å²) in [6.45, 7) is 18.4. The van der Waals surface area contributed by atoms with Crippen LogP contribution in [0.1, 0.15) is 175 Å². The van der Waals surface area contributed by atoms with E-state index in [-0.39, 0.29) is 70.6 Å². The number of aromatic nitrogens is 9. The van der Waals surface area contributed by atoms with Crippen LogP contribution in [0.25, 0.3) is 50.2 Å². The van der Waals surface area contributed by atoms with Crippen LogP contribution in [0.3, 0.4) is 0 Å². The summed E-state index contributed by atoms with van der Waals surface area (Å²) in [5.74, 6) is 0.233. The van der Waals surface area contributed by atoms with Gasteiger partial charge in [0, 0.05) is 97.6 Å². The Labute approximate surface area is 733 Å². The second-order valence-electron chi connectivity index (χ2n) is 32.0. The van der Waals surface area contributed by atoms with Gasteiger partial charge in [0.15, 0.2) is 16.9 Å². The Morgan fingerprint density at radius 2 is 0.748 bits per heavy atom. The predicted octanol–water partition coefficient (Wildman–Crippen LogP) is 14.2. The maximum Gasteiger partial charge on any atom is 0.401 e. The number of pyridine rings is 3. The highest BCUT2D eigenvalue weighted by atomic mass is 19.4. The molecule has 0 bridgehead atoms. The Balaban J connectivity index is 0.000000163. The van der Waals surface area contributed by atoms with Crippen molar-refractivity contribution in [2.75, 3.05) is 102 Å². The summed E-state index contributed by atoms with van der Waals surface area (Å²) in [5.41, 5.74) is 18.0. The van der Waals surface area contributed by atoms with Crippen molar-refractivity contribution in [2.24, 2.45) is 0 Å². The molecule has 29 nitrogen and oxygen atoms in total. The van der Waals surface area contributed by atoms with Gasteiger partial charge in [0.05, 0.1) is 42.5 Å². The van der Waals surface area contributed by atoms with E-state index in [2.05, 4.69) is 107 Å². The minimum Gasteiger partial charge on any atom is -0.396 e. The largest absolute Gasteiger partial charge is 0.401 e. The highest BCUT2D eigenvalue weighted by Crippen LogP contribution is 2.35. The summed E-state index contributed by atoms with van der Waals surface area (Å²) in [6, 6.07) is 47.9. The Hall–Kier alpha value is -12.5. The predicted molar refractivity (Wildman–Crippen MR) is 485 cm³/mol. The monoisotopic (exact) mass is 1730 g/mol. The molecule has 3 aliphatic rings. The van der Waals surface area contributed by atoms with Gasteiger partial charge in [0.25, 0.3) is 17.7 Å². The van der Waals surface area contributed by atoms with E-state index in [1.54, 1.807) is 34.5 Å². The molecule has 127 heavy (non-hydrogen) atoms. The second-order valence-corrected chi connectivity index (χ2v) is 32.0. The fourth-order valence-electron chi connectivity index (χ4n) is 16.0. The lowest BCUT2D eigenvalue weighted by Crippen LogP contribution is -2.39. The quantitative estimate of drug-likeness (QED) is 0.0194. The van der Waals surface area contributed by atoms with Gasteiger partial charge in [-0.25, -0.2) is 31.4 Å². The standard InChI is InChI=1S/C33H40N6O4.C32H38N6O4.C30H31F3N6O3/c1-4-23-6-12-27(13-7-23)39-21-29(32(42)37-43-22(2)3)30(41)28-20-34-33(36-31(28)39)35-26-10-8-24(9-11-26)25-14-17-38(18-15-25)16-5-19-40;1-3-22-6-12-26(13-7-22)38-21-28(31(41)36-42-4-2)29(40)27-20-33-32(35-30(27)38)34-25-10-8-23(9-11-25)24-14-17-37(18-15-24)16-5-19-39;1-3-19-4-10-23(11-5-19)39-17-25(28(41)37-42-2)26(40)24-16-34-29(36-27(24)39)35-22-8-6-20(7-9-22)21-12-14-38(15-13-21)18-30(31,32)33/h6-13,20-22,25,40H,4-5,14-19H2,1-3H3,(H,37,42)(H,34,35,36);6-13,20-21,24,39H,3-5,14-19H2,1-2H3,(H,36,41)(H,33,34,35);4-11,16-17,21H,3,12-15,18H2,1-2H3,(H,37,41)(H,34,35,36). The SMILES string of the molecule is CCONC(=O)c1cn(-c2ccc(CC)cc2)c2nc(Nc3ccc(C4CCN(CCCO)CC4)cc3)ncc2c1=O.CCc1ccc(-n2cc(C(=O)NOC(C)C)c(=O)c3cnc(Nc4ccc(C5CCN(CCCO)CC5)cc4)nc32)cc1.CCc1ccc(-n2cc(C(=O)NOC)c(=O)c3cnc(Nc4ccc(C5CCN(CC(F)(F)F)CC5)cc4)nc32)cc1. The van der Waals surface area contributed by atoms with E-state index in [4.69, 9.17) is 34.7 Å². The lowest BCUT2D eigenvalue weighted by molar-refractivity contribution is -0.147. The van der Waals surface area contributed by atoms with Gasteiger partial charge < -0.3 is 49.7 Å². The van der Waals surface area contributed by atoms with Gasteiger partial charge in [-0.1, -0.05) is 93.6 Å². The highest BCUT2D eigenvalue weighted by molar-refractivity contribution is 5.98. The summed E-state index contributed by atoms with van der Waals surface area (Å²) >= 11 is 0. The van der Waals surface area contributed by atoms with Crippen molar-refractivity contribution in [3.8, 4) is 17.1 Å². The third-order valence-corrected chi connectivity index (χ3v) is 23.1. The first-order valence-electron chi connectivity index (χ1n) is 43.3. The number of halogens is 3. The number of nitrogens with zero attached hydrogens (tertiary/aromatic N) is 12. The summed E-state index contributed by atoms with van der Waals surface area (Å²) in [5, 5.41) is 28.5. The van der Waals surface area contributed by atoms with Crippen molar-refractivity contribution < 1.29 is 52.3 Å². The van der Waals surface area contributed by atoms with E-state index in [9.17, 15) is 41.9 Å². The zero-order valence-corrected chi connectivity index (χ0v) is 72.5. The minimum atomic E-state index is -4.18. The maximum absolute atomic E-state index is 13.4. The number of benzene rings is 6. The van der Waals surface area contributed by atoms with E-state index in [1.807, 2.05) is 121 Å². The molecule has 3 aliphatic heterocycles. The van der Waals surface area contributed by atoms with Gasteiger partial charge in [-0.05, 0) is 255 Å². The number of likely N-dealkylation sites (tertiary alicyclic amines) is 3. The topological polar surface area (TPSA) is 345 Å². The average molecular weight is 1740 g/mol. The van der Waals surface area contributed by atoms with Gasteiger partial charge >= 0.3 is 6.18 Å². The molecule has 666 valence electrons. The first kappa shape index (κ1) is 92.1. The summed E-state index contributed by atoms with van der Waals surface area (Å²) in [6.07, 6.45) is 14.4. The van der Waals surface area contributed by atoms with Gasteiger partial charge in [-0.15, -0.1) is 0 Å². The lowest BCUT2D eigenvalue weighted by Gasteiger charge is -2.32. The number of rotatable bonds is 30. The molecule has 9 heterocycles. The van der Waals surface area contributed by atoms with Crippen molar-refractivity contribution in [2.45, 2.75) is 142 Å². The second kappa shape index (κ2) is 43.6. The molecule has 6 aromatic carbocycles. The number of alkyl halides is 3. The van der Waals surface area contributed by atoms with Crippen molar-refractivity contribution in [1.29, 1.82) is 0 Å². The summed E-state index contributed by atoms with van der Waals surface area (Å²) in [7, 11) is 1.29. The van der Waals surface area contributed by atoms with Crippen molar-refractivity contribution >= 4 is 85.7 Å². The van der Waals surface area contributed by atoms with Gasteiger partial charge in [0.2, 0.25) is 34.1 Å². The maximum atomic E-state index is 13.4. The molecule has 0 radical (unpaired) electrons. The molecule has 3 saturated heterocycles. The van der Waals surface area contributed by atoms with E-state index in [0.29, 0.717) is 78.0 Å². The number of amides is 3. The van der Waals surface area contributed by atoms with Crippen LogP contribution in [0.15, 0.2) is 197 Å². The number of carbonyl (C=O) groups is 3. The van der Waals surface area contributed by atoms with Gasteiger partial charge in [-0.3, -0.25) is 48.2 Å². The summed E-state index contributed by atoms with van der Waals surface area (Å²) in [4.78, 5) is 127. The van der Waals surface area contributed by atoms with E-state index >= 15 is 0 Å². The molecule has 0 aliphatic carbocycles. The molecule has 8 N–H and O–H groups in total. The molecule has 15 rings (SSSR count). The third-order valence-electron chi connectivity index (χ3n) is 23.1. The fourth-order valence-corrected chi connectivity index (χ4v) is 16.0. The van der Waals surface area contributed by atoms with Crippen molar-refractivity contribution in [3.05, 3.63) is 264 Å². The zero-order chi connectivity index (χ0) is 89.7. The molecule has 0 spiro atoms. The number of hydrogen-bond acceptors (Lipinski definition) is 23. The number of aryl methyl sites for hydroxylation is 3. The minimum absolute atomic E-state index is 0.0605. The van der Waals surface area contributed by atoms with Crippen molar-refractivity contribution in [3.63, 3.8) is 0 Å². The number of hydrogen-bond donors (Lipinski definition) is 8. The number of aliphatic hydroxyl groups is 2. The van der Waals surface area contributed by atoms with Gasteiger partial charge in [0.1, 0.15) is 16.7 Å². The molecule has 0 saturated carbocycles. The van der Waals surface area contributed by atoms with Crippen molar-refractivity contribution in [1.82, 2.24) is 74.7 Å². The molecule has 32 heteroatoms. The number of carbonyl (C=O) groups excluding carboxylic acids is 3. The number of piperidine rings is 3. The Morgan fingerprint density at radius 3 is 1.03 bits per heavy atom. The van der Waals surface area contributed by atoms with Crippen LogP contribution in [-0.4, -0.2) is 184 Å². The molecule has 6 aromatic heterocycles. The third kappa shape index (κ3) is 23.8. The van der Waals surface area contributed by atoms with Crippen LogP contribution >= 0.6 is 0 Å². The number of fused-ring (bicyclic) bond motifs is 3. The fraction of sp³-hybridized carbons (Fsp3) is 0.368. The molecule has 0 atom stereocenters. The number of anilines is 6. The Bertz CT molecular complexity index is 5920. The molecular formula is C95H109F3N18O11. The van der Waals surface area contributed by atoms with E-state index < -0.39 is 46.7 Å². The van der Waals surface area contributed by atoms with E-state index in [0.717, 1.165) is 131 Å². The zero-order valence-electron chi connectivity index (χ0n) is 72.5. The van der Waals surface area contributed by atoms with Crippen LogP contribution in [-0.2, 0) is 33.8 Å². The molecule has 3 fully saturated rings. The van der Waals surface area contributed by atoms with Crippen LogP contribution in [0.2, 0.25) is 0 Å². The molecule has 12 aromatic rings. The Kier molecular flexibility index (Phi) is 31.6. The van der Waals surface area contributed by atoms with Crippen LogP contribution in [0.5, 0.6) is 0 Å². The number of nitrogens with one attached hydrogen (secondary N) is 6. The van der Waals surface area contributed by atoms with Crippen LogP contribution in [0.4, 0.5) is 48.1 Å². The highest BCUT2D eigenvalue weighted by Gasteiger charge is 2.34. The first-order valence-corrected chi connectivity index (χ1v) is 43.3. The van der Waals surface area contributed by atoms with Crippen LogP contribution in [0, 0.1) is 0 Å². The molecular weight excluding hydrogens is 1630 g/mol. The van der Waals surface area contributed by atoms with Gasteiger partial charge in [-0.2, -0.15) is 28.1 Å². The molecule has 0 unspecified atom stereocenters. The average Bonchev–Trinajstić information content (AvgIpc) is 0.769. The lowest BCUT2D eigenvalue weighted by atomic mass is 9.89.